The number of rotatable bonds is 9. The van der Waals surface area contributed by atoms with Crippen molar-refractivity contribution in [2.45, 2.75) is 72.2 Å². The second-order valence-corrected chi connectivity index (χ2v) is 9.30. The average molecular weight is 448 g/mol. The van der Waals surface area contributed by atoms with Gasteiger partial charge in [-0.25, -0.2) is 4.79 Å². The molecule has 8 heteroatoms. The molecular weight excluding hydrogens is 410 g/mol. The largest absolute Gasteiger partial charge is 0.508 e. The number of aromatic hydroxyl groups is 1. The zero-order valence-corrected chi connectivity index (χ0v) is 20.1. The lowest BCUT2D eigenvalue weighted by Crippen LogP contribution is -2.55. The topological polar surface area (TPSA) is 108 Å². The lowest BCUT2D eigenvalue weighted by atomic mass is 9.98. The first-order valence-corrected chi connectivity index (χ1v) is 10.8. The maximum atomic E-state index is 13.6. The molecule has 8 nitrogen and oxygen atoms in total. The highest BCUT2D eigenvalue weighted by molar-refractivity contribution is 5.92. The number of ether oxygens (including phenoxy) is 1. The van der Waals surface area contributed by atoms with Gasteiger partial charge in [0.25, 0.3) is 0 Å². The van der Waals surface area contributed by atoms with Crippen LogP contribution in [-0.2, 0) is 14.3 Å². The fourth-order valence-electron chi connectivity index (χ4n) is 3.08. The van der Waals surface area contributed by atoms with E-state index in [2.05, 4.69) is 17.2 Å². The Kier molecular flexibility index (Phi) is 9.75. The quantitative estimate of drug-likeness (QED) is 0.502. The van der Waals surface area contributed by atoms with Gasteiger partial charge >= 0.3 is 6.09 Å². The van der Waals surface area contributed by atoms with E-state index in [0.29, 0.717) is 5.56 Å². The summed E-state index contributed by atoms with van der Waals surface area (Å²) in [7, 11) is 0. The molecule has 32 heavy (non-hydrogen) atoms. The normalized spacial score (nSPS) is 13.3. The molecule has 1 aromatic rings. The summed E-state index contributed by atoms with van der Waals surface area (Å²) < 4.78 is 5.32. The predicted molar refractivity (Wildman–Crippen MR) is 124 cm³/mol. The number of benzene rings is 1. The maximum Gasteiger partial charge on any atom is 0.408 e. The summed E-state index contributed by atoms with van der Waals surface area (Å²) in [5.41, 5.74) is -0.197. The molecule has 2 atom stereocenters. The fraction of sp³-hybridized carbons (Fsp3) is 0.542. The second kappa shape index (κ2) is 11.5. The SMILES string of the molecule is C=CCN(C(=O)C(NC(=O)OC(C)(C)C)C(C)C)C(C(=O)NC(C)C)c1ccc(O)cc1. The molecule has 0 aliphatic rings. The van der Waals surface area contributed by atoms with Crippen LogP contribution in [0.25, 0.3) is 0 Å². The molecule has 0 heterocycles. The van der Waals surface area contributed by atoms with Gasteiger partial charge in [0.05, 0.1) is 0 Å². The van der Waals surface area contributed by atoms with Crippen molar-refractivity contribution in [1.29, 1.82) is 0 Å². The molecule has 0 saturated carbocycles. The van der Waals surface area contributed by atoms with Crippen LogP contribution in [0.5, 0.6) is 5.75 Å². The number of amides is 3. The van der Waals surface area contributed by atoms with E-state index >= 15 is 0 Å². The van der Waals surface area contributed by atoms with Gasteiger partial charge in [-0.2, -0.15) is 0 Å². The number of phenols is 1. The van der Waals surface area contributed by atoms with Gasteiger partial charge < -0.3 is 25.4 Å². The third-order valence-electron chi connectivity index (χ3n) is 4.41. The van der Waals surface area contributed by atoms with Crippen LogP contribution in [0.1, 0.15) is 60.1 Å². The standard InChI is InChI=1S/C24H37N3O5/c1-9-14-27(22(30)19(15(2)3)26-23(31)32-24(6,7)8)20(21(29)25-16(4)5)17-10-12-18(28)13-11-17/h9-13,15-16,19-20,28H,1,14H2,2-8H3,(H,25,29)(H,26,31). The lowest BCUT2D eigenvalue weighted by molar-refractivity contribution is -0.142. The van der Waals surface area contributed by atoms with Gasteiger partial charge in [0.15, 0.2) is 0 Å². The third kappa shape index (κ3) is 8.24. The molecule has 0 aromatic heterocycles. The Morgan fingerprint density at radius 2 is 1.66 bits per heavy atom. The Morgan fingerprint density at radius 3 is 2.09 bits per heavy atom. The lowest BCUT2D eigenvalue weighted by Gasteiger charge is -2.35. The molecule has 0 spiro atoms. The van der Waals surface area contributed by atoms with Crippen molar-refractivity contribution in [2.75, 3.05) is 6.54 Å². The monoisotopic (exact) mass is 447 g/mol. The molecule has 0 aliphatic carbocycles. The highest BCUT2D eigenvalue weighted by Crippen LogP contribution is 2.25. The molecule has 0 radical (unpaired) electrons. The van der Waals surface area contributed by atoms with Gasteiger partial charge in [-0.1, -0.05) is 32.1 Å². The Hall–Kier alpha value is -3.03. The highest BCUT2D eigenvalue weighted by Gasteiger charge is 2.37. The van der Waals surface area contributed by atoms with Crippen molar-refractivity contribution in [2.24, 2.45) is 5.92 Å². The van der Waals surface area contributed by atoms with Crippen LogP contribution in [0.2, 0.25) is 0 Å². The molecule has 0 aliphatic heterocycles. The van der Waals surface area contributed by atoms with Crippen molar-refractivity contribution >= 4 is 17.9 Å². The van der Waals surface area contributed by atoms with E-state index in [4.69, 9.17) is 4.74 Å². The van der Waals surface area contributed by atoms with Crippen LogP contribution < -0.4 is 10.6 Å². The molecule has 3 N–H and O–H groups in total. The molecule has 0 bridgehead atoms. The number of nitrogens with zero attached hydrogens (tertiary/aromatic N) is 1. The molecule has 1 rings (SSSR count). The van der Waals surface area contributed by atoms with Gasteiger partial charge in [0, 0.05) is 12.6 Å². The zero-order chi connectivity index (χ0) is 24.6. The third-order valence-corrected chi connectivity index (χ3v) is 4.41. The number of hydrogen-bond donors (Lipinski definition) is 3. The van der Waals surface area contributed by atoms with Gasteiger partial charge in [0.2, 0.25) is 11.8 Å². The van der Waals surface area contributed by atoms with Crippen LogP contribution in [0.4, 0.5) is 4.79 Å². The predicted octanol–water partition coefficient (Wildman–Crippen LogP) is 3.52. The van der Waals surface area contributed by atoms with E-state index in [0.717, 1.165) is 0 Å². The Balaban J connectivity index is 3.37. The van der Waals surface area contributed by atoms with Gasteiger partial charge in [0.1, 0.15) is 23.4 Å². The van der Waals surface area contributed by atoms with Crippen molar-refractivity contribution in [3.05, 3.63) is 42.5 Å². The Bertz CT molecular complexity index is 797. The molecule has 2 unspecified atom stereocenters. The number of nitrogens with one attached hydrogen (secondary N) is 2. The van der Waals surface area contributed by atoms with E-state index in [9.17, 15) is 19.5 Å². The molecule has 1 aromatic carbocycles. The first kappa shape index (κ1) is 27.0. The molecule has 3 amide bonds. The summed E-state index contributed by atoms with van der Waals surface area (Å²) in [4.78, 5) is 40.5. The van der Waals surface area contributed by atoms with Crippen LogP contribution >= 0.6 is 0 Å². The summed E-state index contributed by atoms with van der Waals surface area (Å²) in [6.07, 6.45) is 0.815. The number of carbonyl (C=O) groups excluding carboxylic acids is 3. The van der Waals surface area contributed by atoms with Crippen molar-refractivity contribution in [3.63, 3.8) is 0 Å². The van der Waals surface area contributed by atoms with E-state index in [-0.39, 0.29) is 30.2 Å². The number of carbonyl (C=O) groups is 3. The minimum Gasteiger partial charge on any atom is -0.508 e. The second-order valence-electron chi connectivity index (χ2n) is 9.30. The minimum atomic E-state index is -0.981. The number of phenolic OH excluding ortho intramolecular Hbond substituents is 1. The van der Waals surface area contributed by atoms with Crippen molar-refractivity contribution < 1.29 is 24.2 Å². The fourth-order valence-corrected chi connectivity index (χ4v) is 3.08. The first-order valence-electron chi connectivity index (χ1n) is 10.8. The highest BCUT2D eigenvalue weighted by atomic mass is 16.6. The summed E-state index contributed by atoms with van der Waals surface area (Å²) in [6.45, 7) is 16.3. The van der Waals surface area contributed by atoms with E-state index in [1.54, 1.807) is 46.8 Å². The number of hydrogen-bond acceptors (Lipinski definition) is 5. The van der Waals surface area contributed by atoms with E-state index < -0.39 is 29.7 Å². The Labute approximate surface area is 191 Å². The van der Waals surface area contributed by atoms with Gasteiger partial charge in [-0.3, -0.25) is 9.59 Å². The van der Waals surface area contributed by atoms with Crippen molar-refractivity contribution in [3.8, 4) is 5.75 Å². The number of alkyl carbamates (subject to hydrolysis) is 1. The van der Waals surface area contributed by atoms with E-state index in [1.165, 1.54) is 23.1 Å². The maximum absolute atomic E-state index is 13.6. The van der Waals surface area contributed by atoms with Crippen LogP contribution in [0.15, 0.2) is 36.9 Å². The molecule has 0 saturated heterocycles. The Morgan fingerprint density at radius 1 is 1.09 bits per heavy atom. The molecule has 0 fully saturated rings. The minimum absolute atomic E-state index is 0.0463. The summed E-state index contributed by atoms with van der Waals surface area (Å²) in [6, 6.07) is 4.05. The van der Waals surface area contributed by atoms with E-state index in [1.807, 2.05) is 13.8 Å². The summed E-state index contributed by atoms with van der Waals surface area (Å²) in [5, 5.41) is 15.2. The molecular formula is C24H37N3O5. The first-order chi connectivity index (χ1) is 14.8. The van der Waals surface area contributed by atoms with Crippen LogP contribution in [0.3, 0.4) is 0 Å². The van der Waals surface area contributed by atoms with Gasteiger partial charge in [-0.15, -0.1) is 6.58 Å². The smallest absolute Gasteiger partial charge is 0.408 e. The zero-order valence-electron chi connectivity index (χ0n) is 20.1. The van der Waals surface area contributed by atoms with Crippen molar-refractivity contribution in [1.82, 2.24) is 15.5 Å². The summed E-state index contributed by atoms with van der Waals surface area (Å²) in [5.74, 6) is -1.04. The van der Waals surface area contributed by atoms with Gasteiger partial charge in [-0.05, 0) is 58.2 Å². The average Bonchev–Trinajstić information content (AvgIpc) is 2.64. The van der Waals surface area contributed by atoms with Crippen LogP contribution in [-0.4, -0.2) is 52.1 Å². The summed E-state index contributed by atoms with van der Waals surface area (Å²) >= 11 is 0. The molecule has 178 valence electrons. The van der Waals surface area contributed by atoms with Crippen LogP contribution in [0, 0.1) is 5.92 Å².